The van der Waals surface area contributed by atoms with Crippen molar-refractivity contribution < 1.29 is 4.79 Å². The van der Waals surface area contributed by atoms with Gasteiger partial charge in [-0.3, -0.25) is 5.41 Å². The number of likely N-dealkylation sites (N-methyl/N-ethyl adjacent to an activating group) is 1. The third kappa shape index (κ3) is 6.78. The molecule has 0 spiro atoms. The molecule has 3 rings (SSSR count). The highest BCUT2D eigenvalue weighted by atomic mass is 79.9. The molecular weight excluding hydrogens is 508 g/mol. The monoisotopic (exact) mass is 536 g/mol. The van der Waals surface area contributed by atoms with Crippen molar-refractivity contribution in [1.82, 2.24) is 25.5 Å². The van der Waals surface area contributed by atoms with Gasteiger partial charge in [-0.15, -0.1) is 0 Å². The maximum atomic E-state index is 12.6. The lowest BCUT2D eigenvalue weighted by atomic mass is 9.85. The SMILES string of the molecule is CN(C)CCNC(=O)NC(c1ccc(Cl)cc1)C1CCN(c2ncnc(N)c2C(=N)Br)CC1. The minimum atomic E-state index is -0.183. The fraction of sp³-hybridized carbons (Fsp3) is 0.455. The van der Waals surface area contributed by atoms with Gasteiger partial charge in [-0.1, -0.05) is 23.7 Å². The molecule has 1 aromatic heterocycles. The number of amides is 2. The topological polar surface area (TPSA) is 123 Å². The van der Waals surface area contributed by atoms with Crippen molar-refractivity contribution in [3.63, 3.8) is 0 Å². The van der Waals surface area contributed by atoms with Crippen LogP contribution in [0, 0.1) is 11.3 Å². The summed E-state index contributed by atoms with van der Waals surface area (Å²) in [4.78, 5) is 25.2. The number of nitrogens with one attached hydrogen (secondary N) is 3. The summed E-state index contributed by atoms with van der Waals surface area (Å²) in [5.74, 6) is 1.16. The minimum absolute atomic E-state index is 0.145. The number of benzene rings is 1. The summed E-state index contributed by atoms with van der Waals surface area (Å²) in [5.41, 5.74) is 7.52. The number of carbonyl (C=O) groups is 1. The third-order valence-electron chi connectivity index (χ3n) is 5.75. The zero-order chi connectivity index (χ0) is 24.0. The van der Waals surface area contributed by atoms with E-state index in [1.807, 2.05) is 43.3 Å². The lowest BCUT2D eigenvalue weighted by molar-refractivity contribution is 0.224. The fourth-order valence-corrected chi connectivity index (χ4v) is 4.52. The molecule has 0 aliphatic carbocycles. The highest BCUT2D eigenvalue weighted by molar-refractivity contribution is 9.18. The fourth-order valence-electron chi connectivity index (χ4n) is 4.01. The number of halogens is 2. The molecule has 0 radical (unpaired) electrons. The number of piperidine rings is 1. The molecule has 2 amide bonds. The van der Waals surface area contributed by atoms with Crippen molar-refractivity contribution >= 4 is 49.8 Å². The summed E-state index contributed by atoms with van der Waals surface area (Å²) >= 11 is 9.30. The molecule has 1 atom stereocenters. The molecule has 1 unspecified atom stereocenters. The first-order valence-electron chi connectivity index (χ1n) is 10.8. The summed E-state index contributed by atoms with van der Waals surface area (Å²) in [6.07, 6.45) is 3.10. The van der Waals surface area contributed by atoms with E-state index in [0.29, 0.717) is 22.9 Å². The van der Waals surface area contributed by atoms with Gasteiger partial charge < -0.3 is 26.2 Å². The Kier molecular flexibility index (Phi) is 8.87. The molecule has 178 valence electrons. The van der Waals surface area contributed by atoms with Gasteiger partial charge >= 0.3 is 6.03 Å². The number of nitrogens with two attached hydrogens (primary N) is 1. The van der Waals surface area contributed by atoms with Crippen LogP contribution < -0.4 is 21.3 Å². The third-order valence-corrected chi connectivity index (χ3v) is 6.40. The molecular formula is C22H30BrClN8O. The van der Waals surface area contributed by atoms with E-state index in [-0.39, 0.29) is 28.4 Å². The van der Waals surface area contributed by atoms with Gasteiger partial charge in [0.25, 0.3) is 0 Å². The Morgan fingerprint density at radius 2 is 1.97 bits per heavy atom. The largest absolute Gasteiger partial charge is 0.383 e. The number of nitrogens with zero attached hydrogens (tertiary/aromatic N) is 4. The predicted octanol–water partition coefficient (Wildman–Crippen LogP) is 3.25. The maximum absolute atomic E-state index is 12.6. The highest BCUT2D eigenvalue weighted by Gasteiger charge is 2.31. The second kappa shape index (κ2) is 11.6. The van der Waals surface area contributed by atoms with Crippen LogP contribution in [0.15, 0.2) is 30.6 Å². The van der Waals surface area contributed by atoms with Crippen molar-refractivity contribution in [3.05, 3.63) is 46.7 Å². The van der Waals surface area contributed by atoms with Crippen molar-refractivity contribution in [2.75, 3.05) is 50.9 Å². The first-order chi connectivity index (χ1) is 15.8. The van der Waals surface area contributed by atoms with E-state index in [1.165, 1.54) is 6.33 Å². The van der Waals surface area contributed by atoms with Gasteiger partial charge in [-0.2, -0.15) is 0 Å². The Balaban J connectivity index is 1.72. The summed E-state index contributed by atoms with van der Waals surface area (Å²) in [6.45, 7) is 2.79. The lowest BCUT2D eigenvalue weighted by Gasteiger charge is -2.37. The van der Waals surface area contributed by atoms with Crippen molar-refractivity contribution in [2.45, 2.75) is 18.9 Å². The van der Waals surface area contributed by atoms with Crippen molar-refractivity contribution in [3.8, 4) is 0 Å². The van der Waals surface area contributed by atoms with Crippen LogP contribution in [0.2, 0.25) is 5.02 Å². The quantitative estimate of drug-likeness (QED) is 0.383. The van der Waals surface area contributed by atoms with Crippen LogP contribution >= 0.6 is 27.5 Å². The van der Waals surface area contributed by atoms with E-state index in [9.17, 15) is 4.79 Å². The number of carbonyl (C=O) groups excluding carboxylic acids is 1. The van der Waals surface area contributed by atoms with Crippen LogP contribution in [-0.2, 0) is 0 Å². The highest BCUT2D eigenvalue weighted by Crippen LogP contribution is 2.34. The molecule has 0 saturated carbocycles. The molecule has 33 heavy (non-hydrogen) atoms. The number of hydrogen-bond donors (Lipinski definition) is 4. The number of rotatable bonds is 8. The van der Waals surface area contributed by atoms with Gasteiger partial charge in [0.15, 0.2) is 0 Å². The van der Waals surface area contributed by atoms with E-state index in [2.05, 4.69) is 41.4 Å². The van der Waals surface area contributed by atoms with E-state index in [0.717, 1.165) is 38.0 Å². The Morgan fingerprint density at radius 3 is 2.58 bits per heavy atom. The van der Waals surface area contributed by atoms with Gasteiger partial charge in [0.1, 0.15) is 22.6 Å². The number of aromatic nitrogens is 2. The average molecular weight is 538 g/mol. The van der Waals surface area contributed by atoms with E-state index < -0.39 is 0 Å². The van der Waals surface area contributed by atoms with Gasteiger partial charge in [0.2, 0.25) is 0 Å². The molecule has 1 aromatic carbocycles. The molecule has 2 heterocycles. The van der Waals surface area contributed by atoms with Crippen molar-refractivity contribution in [2.24, 2.45) is 5.92 Å². The Labute approximate surface area is 207 Å². The molecule has 1 aliphatic heterocycles. The Bertz CT molecular complexity index is 963. The Morgan fingerprint density at radius 1 is 1.30 bits per heavy atom. The smallest absolute Gasteiger partial charge is 0.315 e. The number of hydrogen-bond acceptors (Lipinski definition) is 7. The van der Waals surface area contributed by atoms with Crippen LogP contribution in [0.25, 0.3) is 0 Å². The molecule has 1 aliphatic rings. The number of nitrogen functional groups attached to an aromatic ring is 1. The molecule has 1 fully saturated rings. The molecule has 9 nitrogen and oxygen atoms in total. The van der Waals surface area contributed by atoms with Gasteiger partial charge in [-0.25, -0.2) is 14.8 Å². The number of anilines is 2. The van der Waals surface area contributed by atoms with Crippen LogP contribution in [0.1, 0.15) is 30.0 Å². The zero-order valence-electron chi connectivity index (χ0n) is 18.8. The summed E-state index contributed by atoms with van der Waals surface area (Å²) in [6, 6.07) is 7.31. The first kappa shape index (κ1) is 25.2. The molecule has 1 saturated heterocycles. The average Bonchev–Trinajstić information content (AvgIpc) is 2.77. The predicted molar refractivity (Wildman–Crippen MR) is 136 cm³/mol. The summed E-state index contributed by atoms with van der Waals surface area (Å²) in [7, 11) is 3.94. The minimum Gasteiger partial charge on any atom is -0.383 e. The molecule has 11 heteroatoms. The summed E-state index contributed by atoms with van der Waals surface area (Å²) in [5, 5.41) is 14.8. The zero-order valence-corrected chi connectivity index (χ0v) is 21.2. The Hall–Kier alpha value is -2.43. The van der Waals surface area contributed by atoms with Gasteiger partial charge in [0.05, 0.1) is 11.6 Å². The molecule has 2 aromatic rings. The van der Waals surface area contributed by atoms with Crippen LogP contribution in [0.3, 0.4) is 0 Å². The van der Waals surface area contributed by atoms with Gasteiger partial charge in [0, 0.05) is 31.2 Å². The first-order valence-corrected chi connectivity index (χ1v) is 12.0. The normalized spacial score (nSPS) is 15.4. The standard InChI is InChI=1S/C22H30BrClN8O/c1-31(2)12-9-27-22(33)30-18(14-3-5-16(24)6-4-14)15-7-10-32(11-8-15)21-17(19(23)25)20(26)28-13-29-21/h3-6,13,15,18,25H,7-12H2,1-2H3,(H2,26,28,29)(H2,27,30,33). The second-order valence-electron chi connectivity index (χ2n) is 8.33. The lowest BCUT2D eigenvalue weighted by Crippen LogP contribution is -2.45. The molecule has 0 bridgehead atoms. The number of urea groups is 1. The van der Waals surface area contributed by atoms with Crippen molar-refractivity contribution in [1.29, 1.82) is 5.41 Å². The molecule has 5 N–H and O–H groups in total. The van der Waals surface area contributed by atoms with Gasteiger partial charge in [-0.05, 0) is 66.5 Å². The van der Waals surface area contributed by atoms with E-state index in [1.54, 1.807) is 0 Å². The van der Waals surface area contributed by atoms with Crippen LogP contribution in [-0.4, -0.2) is 65.8 Å². The van der Waals surface area contributed by atoms with E-state index in [4.69, 9.17) is 22.7 Å². The second-order valence-corrected chi connectivity index (χ2v) is 9.56. The summed E-state index contributed by atoms with van der Waals surface area (Å²) < 4.78 is 0.160. The van der Waals surface area contributed by atoms with E-state index >= 15 is 0 Å². The maximum Gasteiger partial charge on any atom is 0.315 e. The van der Waals surface area contributed by atoms with Crippen LogP contribution in [0.4, 0.5) is 16.4 Å². The van der Waals surface area contributed by atoms with Crippen LogP contribution in [0.5, 0.6) is 0 Å².